The van der Waals surface area contributed by atoms with Gasteiger partial charge in [-0.1, -0.05) is 66.2 Å². The van der Waals surface area contributed by atoms with E-state index >= 15 is 0 Å². The predicted octanol–water partition coefficient (Wildman–Crippen LogP) is 5.95. The summed E-state index contributed by atoms with van der Waals surface area (Å²) in [5, 5.41) is 0. The molecule has 0 aromatic rings. The van der Waals surface area contributed by atoms with E-state index in [0.717, 1.165) is 10.8 Å². The molecule has 0 spiro atoms. The minimum absolute atomic E-state index is 0.750. The first kappa shape index (κ1) is 14.1. The van der Waals surface area contributed by atoms with Gasteiger partial charge in [0.05, 0.1) is 0 Å². The van der Waals surface area contributed by atoms with Gasteiger partial charge >= 0.3 is 0 Å². The Balaban J connectivity index is 2.45. The van der Waals surface area contributed by atoms with E-state index in [1.165, 1.54) is 64.2 Å². The summed E-state index contributed by atoms with van der Waals surface area (Å²) in [5.41, 5.74) is 1.50. The Kier molecular flexibility index (Phi) is 5.34. The Bertz CT molecular complexity index is 166. The van der Waals surface area contributed by atoms with E-state index in [9.17, 15) is 0 Å². The largest absolute Gasteiger partial charge is 0.0654 e. The lowest BCUT2D eigenvalue weighted by Crippen LogP contribution is -2.46. The Labute approximate surface area is 103 Å². The Morgan fingerprint density at radius 3 is 1.31 bits per heavy atom. The van der Waals surface area contributed by atoms with Crippen LogP contribution in [0.3, 0.4) is 0 Å². The van der Waals surface area contributed by atoms with E-state index in [-0.39, 0.29) is 0 Å². The highest BCUT2D eigenvalue weighted by molar-refractivity contribution is 5.01. The maximum atomic E-state index is 2.41. The molecule has 0 aromatic carbocycles. The number of unbranched alkanes of at least 4 members (excludes halogenated alkanes) is 2. The molecule has 1 saturated carbocycles. The van der Waals surface area contributed by atoms with E-state index in [1.807, 2.05) is 0 Å². The molecule has 0 aromatic heterocycles. The minimum atomic E-state index is 0.750. The highest BCUT2D eigenvalue weighted by Gasteiger charge is 2.50. The summed E-state index contributed by atoms with van der Waals surface area (Å²) in [6, 6.07) is 0. The van der Waals surface area contributed by atoms with Crippen LogP contribution in [0, 0.1) is 10.8 Å². The summed E-state index contributed by atoms with van der Waals surface area (Å²) < 4.78 is 0. The third-order valence-electron chi connectivity index (χ3n) is 5.12. The van der Waals surface area contributed by atoms with Crippen molar-refractivity contribution in [3.8, 4) is 0 Å². The first-order valence-corrected chi connectivity index (χ1v) is 7.66. The van der Waals surface area contributed by atoms with Crippen molar-refractivity contribution < 1.29 is 0 Å². The minimum Gasteiger partial charge on any atom is -0.0654 e. The van der Waals surface area contributed by atoms with Crippen LogP contribution in [-0.2, 0) is 0 Å². The van der Waals surface area contributed by atoms with E-state index in [4.69, 9.17) is 0 Å². The molecule has 0 amide bonds. The van der Waals surface area contributed by atoms with Gasteiger partial charge in [-0.3, -0.25) is 0 Å². The van der Waals surface area contributed by atoms with Gasteiger partial charge < -0.3 is 0 Å². The van der Waals surface area contributed by atoms with Crippen LogP contribution in [0.15, 0.2) is 0 Å². The SMILES string of the molecule is CCCCC1(CC)CC(CC)(CCCC)C1. The molecule has 0 radical (unpaired) electrons. The molecule has 0 heteroatoms. The molecular formula is C16H32. The molecule has 0 heterocycles. The standard InChI is InChI=1S/C16H32/c1-5-9-11-15(7-3)13-16(8-4,14-15)12-10-6-2/h5-14H2,1-4H3. The third kappa shape index (κ3) is 3.02. The molecule has 96 valence electrons. The van der Waals surface area contributed by atoms with Crippen molar-refractivity contribution in [2.75, 3.05) is 0 Å². The van der Waals surface area contributed by atoms with Crippen molar-refractivity contribution in [1.29, 1.82) is 0 Å². The van der Waals surface area contributed by atoms with Crippen molar-refractivity contribution in [3.63, 3.8) is 0 Å². The smallest absolute Gasteiger partial charge is 0.0290 e. The Hall–Kier alpha value is 0. The summed E-state index contributed by atoms with van der Waals surface area (Å²) in [5.74, 6) is 0. The molecule has 1 fully saturated rings. The zero-order valence-corrected chi connectivity index (χ0v) is 12.1. The number of hydrogen-bond acceptors (Lipinski definition) is 0. The van der Waals surface area contributed by atoms with E-state index in [0.29, 0.717) is 0 Å². The highest BCUT2D eigenvalue weighted by atomic mass is 14.6. The summed E-state index contributed by atoms with van der Waals surface area (Å²) in [7, 11) is 0. The summed E-state index contributed by atoms with van der Waals surface area (Å²) in [6.07, 6.45) is 14.5. The fourth-order valence-corrected chi connectivity index (χ4v) is 3.85. The lowest BCUT2D eigenvalue weighted by molar-refractivity contribution is -0.0616. The molecule has 16 heavy (non-hydrogen) atoms. The van der Waals surface area contributed by atoms with Crippen LogP contribution < -0.4 is 0 Å². The molecule has 0 saturated heterocycles. The zero-order valence-electron chi connectivity index (χ0n) is 12.1. The van der Waals surface area contributed by atoms with Gasteiger partial charge in [-0.25, -0.2) is 0 Å². The fourth-order valence-electron chi connectivity index (χ4n) is 3.85. The lowest BCUT2D eigenvalue weighted by Gasteiger charge is -2.57. The average Bonchev–Trinajstić information content (AvgIpc) is 2.28. The molecule has 0 atom stereocenters. The monoisotopic (exact) mass is 224 g/mol. The second kappa shape index (κ2) is 6.07. The van der Waals surface area contributed by atoms with Crippen LogP contribution >= 0.6 is 0 Å². The molecule has 0 nitrogen and oxygen atoms in total. The average molecular weight is 224 g/mol. The molecular weight excluding hydrogens is 192 g/mol. The van der Waals surface area contributed by atoms with Crippen molar-refractivity contribution in [2.24, 2.45) is 10.8 Å². The van der Waals surface area contributed by atoms with Crippen LogP contribution in [0.1, 0.15) is 91.9 Å². The summed E-state index contributed by atoms with van der Waals surface area (Å²) in [6.45, 7) is 9.47. The van der Waals surface area contributed by atoms with Gasteiger partial charge in [-0.15, -0.1) is 0 Å². The molecule has 1 aliphatic carbocycles. The van der Waals surface area contributed by atoms with Gasteiger partial charge in [-0.2, -0.15) is 0 Å². The van der Waals surface area contributed by atoms with E-state index in [1.54, 1.807) is 0 Å². The Morgan fingerprint density at radius 2 is 1.06 bits per heavy atom. The van der Waals surface area contributed by atoms with Gasteiger partial charge in [0.2, 0.25) is 0 Å². The maximum absolute atomic E-state index is 2.41. The molecule has 0 N–H and O–H groups in total. The predicted molar refractivity (Wildman–Crippen MR) is 73.7 cm³/mol. The van der Waals surface area contributed by atoms with Crippen molar-refractivity contribution >= 4 is 0 Å². The van der Waals surface area contributed by atoms with Crippen LogP contribution in [0.2, 0.25) is 0 Å². The van der Waals surface area contributed by atoms with Crippen LogP contribution in [0.25, 0.3) is 0 Å². The van der Waals surface area contributed by atoms with Gasteiger partial charge in [0.1, 0.15) is 0 Å². The van der Waals surface area contributed by atoms with Crippen molar-refractivity contribution in [3.05, 3.63) is 0 Å². The normalized spacial score (nSPS) is 33.8. The molecule has 1 aliphatic rings. The third-order valence-corrected chi connectivity index (χ3v) is 5.12. The second-order valence-electron chi connectivity index (χ2n) is 6.27. The van der Waals surface area contributed by atoms with Crippen LogP contribution in [0.4, 0.5) is 0 Å². The molecule has 0 aliphatic heterocycles. The van der Waals surface area contributed by atoms with Gasteiger partial charge in [0.15, 0.2) is 0 Å². The first-order valence-electron chi connectivity index (χ1n) is 7.66. The van der Waals surface area contributed by atoms with Gasteiger partial charge in [0.25, 0.3) is 0 Å². The van der Waals surface area contributed by atoms with Gasteiger partial charge in [0, 0.05) is 0 Å². The van der Waals surface area contributed by atoms with E-state index < -0.39 is 0 Å². The van der Waals surface area contributed by atoms with Crippen molar-refractivity contribution in [2.45, 2.75) is 91.9 Å². The van der Waals surface area contributed by atoms with Crippen molar-refractivity contribution in [1.82, 2.24) is 0 Å². The van der Waals surface area contributed by atoms with Crippen LogP contribution in [-0.4, -0.2) is 0 Å². The number of rotatable bonds is 8. The summed E-state index contributed by atoms with van der Waals surface area (Å²) >= 11 is 0. The topological polar surface area (TPSA) is 0 Å². The van der Waals surface area contributed by atoms with Crippen LogP contribution in [0.5, 0.6) is 0 Å². The molecule has 1 rings (SSSR count). The summed E-state index contributed by atoms with van der Waals surface area (Å²) in [4.78, 5) is 0. The fraction of sp³-hybridized carbons (Fsp3) is 1.00. The molecule has 0 unspecified atom stereocenters. The Morgan fingerprint density at radius 1 is 0.688 bits per heavy atom. The second-order valence-corrected chi connectivity index (χ2v) is 6.27. The lowest BCUT2D eigenvalue weighted by atomic mass is 9.48. The number of hydrogen-bond donors (Lipinski definition) is 0. The highest BCUT2D eigenvalue weighted by Crippen LogP contribution is 2.62. The van der Waals surface area contributed by atoms with E-state index in [2.05, 4.69) is 27.7 Å². The molecule has 0 bridgehead atoms. The van der Waals surface area contributed by atoms with Gasteiger partial charge in [-0.05, 0) is 36.5 Å². The zero-order chi connectivity index (χ0) is 12.1. The quantitative estimate of drug-likeness (QED) is 0.477. The maximum Gasteiger partial charge on any atom is -0.0290 e. The first-order chi connectivity index (χ1) is 7.66.